The van der Waals surface area contributed by atoms with Crippen LogP contribution in [0.25, 0.3) is 0 Å². The number of unbranched alkanes of at least 4 members (excludes halogenated alkanes) is 2. The third kappa shape index (κ3) is 6.12. The number of rotatable bonds is 8. The van der Waals surface area contributed by atoms with Crippen LogP contribution in [0, 0.1) is 11.8 Å². The van der Waals surface area contributed by atoms with Crippen molar-refractivity contribution >= 4 is 0 Å². The van der Waals surface area contributed by atoms with Crippen molar-refractivity contribution in [1.29, 1.82) is 0 Å². The summed E-state index contributed by atoms with van der Waals surface area (Å²) in [6.45, 7) is 9.35. The lowest BCUT2D eigenvalue weighted by Crippen LogP contribution is -2.11. The maximum atomic E-state index is 2.43. The van der Waals surface area contributed by atoms with E-state index in [1.54, 1.807) is 0 Å². The Morgan fingerprint density at radius 1 is 0.846 bits per heavy atom. The highest BCUT2D eigenvalue weighted by Crippen LogP contribution is 2.26. The summed E-state index contributed by atoms with van der Waals surface area (Å²) in [6, 6.07) is 0. The summed E-state index contributed by atoms with van der Waals surface area (Å²) >= 11 is 0. The Bertz CT molecular complexity index is 88.2. The van der Waals surface area contributed by atoms with Gasteiger partial charge in [0.1, 0.15) is 0 Å². The van der Waals surface area contributed by atoms with Crippen LogP contribution in [-0.4, -0.2) is 0 Å². The van der Waals surface area contributed by atoms with Crippen LogP contribution in [0.1, 0.15) is 72.6 Å². The third-order valence-corrected chi connectivity index (χ3v) is 3.31. The van der Waals surface area contributed by atoms with Crippen molar-refractivity contribution in [2.45, 2.75) is 72.6 Å². The molecule has 0 aliphatic carbocycles. The van der Waals surface area contributed by atoms with Crippen molar-refractivity contribution in [2.75, 3.05) is 0 Å². The largest absolute Gasteiger partial charge is 0.0654 e. The van der Waals surface area contributed by atoms with Crippen molar-refractivity contribution in [3.05, 3.63) is 0 Å². The lowest BCUT2D eigenvalue weighted by molar-refractivity contribution is 0.293. The quantitative estimate of drug-likeness (QED) is 0.496. The summed E-state index contributed by atoms with van der Waals surface area (Å²) in [4.78, 5) is 0. The maximum Gasteiger partial charge on any atom is -0.0389 e. The molecule has 0 heterocycles. The minimum Gasteiger partial charge on any atom is -0.0654 e. The normalized spacial score (nSPS) is 13.6. The highest BCUT2D eigenvalue weighted by molar-refractivity contribution is 4.65. The minimum atomic E-state index is 0.943. The Balaban J connectivity index is 3.72. The fourth-order valence-electron chi connectivity index (χ4n) is 1.98. The molecule has 0 spiro atoms. The van der Waals surface area contributed by atoms with Gasteiger partial charge >= 0.3 is 0 Å². The monoisotopic (exact) mass is 184 g/mol. The van der Waals surface area contributed by atoms with Crippen molar-refractivity contribution in [2.24, 2.45) is 11.8 Å². The molecule has 0 amide bonds. The van der Waals surface area contributed by atoms with Gasteiger partial charge in [-0.05, 0) is 11.8 Å². The van der Waals surface area contributed by atoms with E-state index in [1.165, 1.54) is 44.9 Å². The summed E-state index contributed by atoms with van der Waals surface area (Å²) in [7, 11) is 0. The van der Waals surface area contributed by atoms with Gasteiger partial charge < -0.3 is 0 Å². The predicted molar refractivity (Wildman–Crippen MR) is 62.0 cm³/mol. The molecule has 1 unspecified atom stereocenters. The molecule has 0 saturated carbocycles. The van der Waals surface area contributed by atoms with Crippen molar-refractivity contribution in [3.8, 4) is 0 Å². The molecule has 0 bridgehead atoms. The molecule has 80 valence electrons. The van der Waals surface area contributed by atoms with E-state index >= 15 is 0 Å². The van der Waals surface area contributed by atoms with Gasteiger partial charge in [-0.15, -0.1) is 0 Å². The molecule has 13 heavy (non-hydrogen) atoms. The highest BCUT2D eigenvalue weighted by Gasteiger charge is 2.13. The Kier molecular flexibility index (Phi) is 8.59. The van der Waals surface area contributed by atoms with Crippen LogP contribution in [-0.2, 0) is 0 Å². The number of hydrogen-bond donors (Lipinski definition) is 0. The van der Waals surface area contributed by atoms with E-state index in [-0.39, 0.29) is 0 Å². The summed E-state index contributed by atoms with van der Waals surface area (Å²) in [5.74, 6) is 1.95. The zero-order valence-electron chi connectivity index (χ0n) is 10.1. The van der Waals surface area contributed by atoms with Crippen LogP contribution in [0.5, 0.6) is 0 Å². The van der Waals surface area contributed by atoms with Gasteiger partial charge in [-0.2, -0.15) is 0 Å². The minimum absolute atomic E-state index is 0.943. The van der Waals surface area contributed by atoms with Gasteiger partial charge in [0, 0.05) is 0 Å². The molecule has 0 aromatic carbocycles. The Morgan fingerprint density at radius 2 is 1.31 bits per heavy atom. The van der Waals surface area contributed by atoms with Crippen LogP contribution in [0.4, 0.5) is 0 Å². The molecule has 0 aliphatic rings. The van der Waals surface area contributed by atoms with E-state index in [2.05, 4.69) is 27.7 Å². The van der Waals surface area contributed by atoms with Crippen LogP contribution >= 0.6 is 0 Å². The average Bonchev–Trinajstić information content (AvgIpc) is 2.17. The van der Waals surface area contributed by atoms with Crippen LogP contribution in [0.3, 0.4) is 0 Å². The first kappa shape index (κ1) is 13.0. The van der Waals surface area contributed by atoms with Gasteiger partial charge in [-0.3, -0.25) is 0 Å². The Morgan fingerprint density at radius 3 is 1.62 bits per heavy atom. The summed E-state index contributed by atoms with van der Waals surface area (Å²) < 4.78 is 0. The lowest BCUT2D eigenvalue weighted by atomic mass is 9.84. The second kappa shape index (κ2) is 8.59. The highest BCUT2D eigenvalue weighted by atomic mass is 14.2. The smallest absolute Gasteiger partial charge is 0.0389 e. The molecule has 0 aliphatic heterocycles. The van der Waals surface area contributed by atoms with Crippen molar-refractivity contribution in [3.63, 3.8) is 0 Å². The predicted octanol–water partition coefficient (Wildman–Crippen LogP) is 5.03. The fraction of sp³-hybridized carbons (Fsp3) is 1.00. The van der Waals surface area contributed by atoms with E-state index in [9.17, 15) is 0 Å². The molecule has 0 fully saturated rings. The molecular formula is C13H28. The zero-order valence-corrected chi connectivity index (χ0v) is 10.1. The third-order valence-electron chi connectivity index (χ3n) is 3.31. The van der Waals surface area contributed by atoms with Gasteiger partial charge in [-0.25, -0.2) is 0 Å². The zero-order chi connectivity index (χ0) is 10.1. The van der Waals surface area contributed by atoms with E-state index < -0.39 is 0 Å². The van der Waals surface area contributed by atoms with Crippen LogP contribution in [0.2, 0.25) is 0 Å². The number of hydrogen-bond acceptors (Lipinski definition) is 0. The topological polar surface area (TPSA) is 0 Å². The summed E-state index contributed by atoms with van der Waals surface area (Å²) in [5, 5.41) is 0. The molecule has 0 N–H and O–H groups in total. The van der Waals surface area contributed by atoms with Gasteiger partial charge in [0.05, 0.1) is 0 Å². The molecule has 0 nitrogen and oxygen atoms in total. The van der Waals surface area contributed by atoms with Gasteiger partial charge in [0.15, 0.2) is 0 Å². The summed E-state index contributed by atoms with van der Waals surface area (Å²) in [6.07, 6.45) is 9.87. The molecule has 0 saturated heterocycles. The van der Waals surface area contributed by atoms with Gasteiger partial charge in [-0.1, -0.05) is 72.6 Å². The van der Waals surface area contributed by atoms with E-state index in [0.29, 0.717) is 0 Å². The van der Waals surface area contributed by atoms with Gasteiger partial charge in [0.2, 0.25) is 0 Å². The maximum absolute atomic E-state index is 2.43. The van der Waals surface area contributed by atoms with Crippen LogP contribution in [0.15, 0.2) is 0 Å². The van der Waals surface area contributed by atoms with E-state index in [1.807, 2.05) is 0 Å². The fourth-order valence-corrected chi connectivity index (χ4v) is 1.98. The second-order valence-electron chi connectivity index (χ2n) is 4.43. The standard InChI is InChI=1S/C13H28/c1-5-8-10-13(11-9-6-2)12(4)7-3/h12-13H,5-11H2,1-4H3. The first-order valence-electron chi connectivity index (χ1n) is 6.26. The second-order valence-corrected chi connectivity index (χ2v) is 4.43. The molecule has 0 aromatic rings. The van der Waals surface area contributed by atoms with Crippen molar-refractivity contribution in [1.82, 2.24) is 0 Å². The molecule has 1 atom stereocenters. The van der Waals surface area contributed by atoms with E-state index in [0.717, 1.165) is 11.8 Å². The molecular weight excluding hydrogens is 156 g/mol. The molecule has 0 heteroatoms. The first-order valence-corrected chi connectivity index (χ1v) is 6.26. The average molecular weight is 184 g/mol. The molecule has 0 rings (SSSR count). The summed E-state index contributed by atoms with van der Waals surface area (Å²) in [5.41, 5.74) is 0. The van der Waals surface area contributed by atoms with Crippen LogP contribution < -0.4 is 0 Å². The first-order chi connectivity index (χ1) is 6.26. The lowest BCUT2D eigenvalue weighted by Gasteiger charge is -2.22. The molecule has 0 aromatic heterocycles. The van der Waals surface area contributed by atoms with Gasteiger partial charge in [0.25, 0.3) is 0 Å². The molecule has 0 radical (unpaired) electrons. The Labute approximate surface area is 85.1 Å². The van der Waals surface area contributed by atoms with E-state index in [4.69, 9.17) is 0 Å². The SMILES string of the molecule is CCCCC(CCCC)C(C)CC. The van der Waals surface area contributed by atoms with Crippen molar-refractivity contribution < 1.29 is 0 Å². The Hall–Kier alpha value is 0.